The van der Waals surface area contributed by atoms with E-state index in [1.807, 2.05) is 30.3 Å². The smallest absolute Gasteiger partial charge is 0.219 e. The van der Waals surface area contributed by atoms with Crippen molar-refractivity contribution in [2.24, 2.45) is 0 Å². The normalized spacial score (nSPS) is 21.4. The third-order valence-electron chi connectivity index (χ3n) is 3.39. The van der Waals surface area contributed by atoms with Crippen molar-refractivity contribution in [1.82, 2.24) is 9.21 Å². The zero-order chi connectivity index (χ0) is 14.0. The molecule has 5 nitrogen and oxygen atoms in total. The lowest BCUT2D eigenvalue weighted by Gasteiger charge is -2.39. The highest BCUT2D eigenvalue weighted by molar-refractivity contribution is 7.88. The number of nitrogens with zero attached hydrogens (tertiary/aromatic N) is 2. The fraction of sp³-hybridized carbons (Fsp3) is 0.462. The van der Waals surface area contributed by atoms with Crippen molar-refractivity contribution < 1.29 is 13.2 Å². The molecule has 2 rings (SSSR count). The number of benzene rings is 1. The average molecular weight is 282 g/mol. The van der Waals surface area contributed by atoms with Gasteiger partial charge in [-0.1, -0.05) is 30.3 Å². The third kappa shape index (κ3) is 3.13. The van der Waals surface area contributed by atoms with Crippen LogP contribution in [0.15, 0.2) is 30.3 Å². The van der Waals surface area contributed by atoms with Crippen LogP contribution >= 0.6 is 0 Å². The van der Waals surface area contributed by atoms with Crippen LogP contribution in [0.1, 0.15) is 18.5 Å². The summed E-state index contributed by atoms with van der Waals surface area (Å²) in [6.07, 6.45) is 1.21. The number of hydrogen-bond donors (Lipinski definition) is 0. The van der Waals surface area contributed by atoms with Crippen LogP contribution in [0.4, 0.5) is 0 Å². The Bertz CT molecular complexity index is 557. The van der Waals surface area contributed by atoms with Crippen molar-refractivity contribution >= 4 is 15.9 Å². The summed E-state index contributed by atoms with van der Waals surface area (Å²) in [4.78, 5) is 13.2. The molecule has 1 aliphatic heterocycles. The van der Waals surface area contributed by atoms with Crippen LogP contribution in [-0.2, 0) is 14.8 Å². The number of rotatable bonds is 2. The SMILES string of the molecule is CC(=O)N1CCN(S(C)(=O)=O)C(c2ccccc2)C1. The molecule has 0 N–H and O–H groups in total. The minimum atomic E-state index is -3.28. The van der Waals surface area contributed by atoms with Gasteiger partial charge in [0, 0.05) is 26.6 Å². The maximum Gasteiger partial charge on any atom is 0.219 e. The van der Waals surface area contributed by atoms with Gasteiger partial charge in [0.15, 0.2) is 0 Å². The van der Waals surface area contributed by atoms with Gasteiger partial charge in [-0.3, -0.25) is 4.79 Å². The predicted octanol–water partition coefficient (Wildman–Crippen LogP) is 0.851. The molecular weight excluding hydrogens is 264 g/mol. The van der Waals surface area contributed by atoms with E-state index in [2.05, 4.69) is 0 Å². The first kappa shape index (κ1) is 14.0. The zero-order valence-corrected chi connectivity index (χ0v) is 11.9. The van der Waals surface area contributed by atoms with Crippen LogP contribution in [0.25, 0.3) is 0 Å². The molecule has 1 atom stereocenters. The van der Waals surface area contributed by atoms with Gasteiger partial charge in [-0.15, -0.1) is 0 Å². The van der Waals surface area contributed by atoms with Gasteiger partial charge in [-0.25, -0.2) is 8.42 Å². The Hall–Kier alpha value is -1.40. The second-order valence-corrected chi connectivity index (χ2v) is 6.70. The monoisotopic (exact) mass is 282 g/mol. The Morgan fingerprint density at radius 3 is 2.37 bits per heavy atom. The van der Waals surface area contributed by atoms with E-state index in [-0.39, 0.29) is 11.9 Å². The lowest BCUT2D eigenvalue weighted by molar-refractivity contribution is -0.130. The Kier molecular flexibility index (Phi) is 3.91. The van der Waals surface area contributed by atoms with Gasteiger partial charge >= 0.3 is 0 Å². The van der Waals surface area contributed by atoms with Gasteiger partial charge in [0.1, 0.15) is 0 Å². The molecule has 0 bridgehead atoms. The number of hydrogen-bond acceptors (Lipinski definition) is 3. The molecule has 0 saturated carbocycles. The van der Waals surface area contributed by atoms with Gasteiger partial charge < -0.3 is 4.90 Å². The Morgan fingerprint density at radius 2 is 1.84 bits per heavy atom. The van der Waals surface area contributed by atoms with Gasteiger partial charge in [0.05, 0.1) is 12.3 Å². The molecule has 1 aromatic rings. The highest BCUT2D eigenvalue weighted by Gasteiger charge is 2.34. The average Bonchev–Trinajstić information content (AvgIpc) is 2.38. The molecule has 1 heterocycles. The predicted molar refractivity (Wildman–Crippen MR) is 73.0 cm³/mol. The molecule has 0 spiro atoms. The second kappa shape index (κ2) is 5.30. The van der Waals surface area contributed by atoms with E-state index in [4.69, 9.17) is 0 Å². The summed E-state index contributed by atoms with van der Waals surface area (Å²) in [5, 5.41) is 0. The number of carbonyl (C=O) groups is 1. The fourth-order valence-electron chi connectivity index (χ4n) is 2.40. The van der Waals surface area contributed by atoms with Crippen molar-refractivity contribution in [1.29, 1.82) is 0 Å². The molecular formula is C13H18N2O3S. The highest BCUT2D eigenvalue weighted by atomic mass is 32.2. The third-order valence-corrected chi connectivity index (χ3v) is 4.68. The van der Waals surface area contributed by atoms with Gasteiger partial charge in [0.25, 0.3) is 0 Å². The van der Waals surface area contributed by atoms with E-state index in [9.17, 15) is 13.2 Å². The summed E-state index contributed by atoms with van der Waals surface area (Å²) in [6, 6.07) is 9.14. The minimum absolute atomic E-state index is 0.0194. The van der Waals surface area contributed by atoms with Gasteiger partial charge in [-0.05, 0) is 5.56 Å². The minimum Gasteiger partial charge on any atom is -0.340 e. The van der Waals surface area contributed by atoms with Gasteiger partial charge in [-0.2, -0.15) is 4.31 Å². The summed E-state index contributed by atoms with van der Waals surface area (Å²) in [7, 11) is -3.28. The van der Waals surface area contributed by atoms with Crippen molar-refractivity contribution in [2.75, 3.05) is 25.9 Å². The van der Waals surface area contributed by atoms with Crippen LogP contribution in [-0.4, -0.2) is 49.4 Å². The number of piperazine rings is 1. The topological polar surface area (TPSA) is 57.7 Å². The summed E-state index contributed by atoms with van der Waals surface area (Å²) in [5.74, 6) is -0.0194. The zero-order valence-electron chi connectivity index (χ0n) is 11.1. The maximum atomic E-state index is 11.9. The lowest BCUT2D eigenvalue weighted by atomic mass is 10.0. The van der Waals surface area contributed by atoms with Crippen molar-refractivity contribution in [2.45, 2.75) is 13.0 Å². The first-order valence-electron chi connectivity index (χ1n) is 6.17. The number of sulfonamides is 1. The molecule has 1 amide bonds. The van der Waals surface area contributed by atoms with Crippen LogP contribution in [0.3, 0.4) is 0 Å². The number of amides is 1. The summed E-state index contributed by atoms with van der Waals surface area (Å²) >= 11 is 0. The van der Waals surface area contributed by atoms with E-state index in [0.29, 0.717) is 19.6 Å². The van der Waals surface area contributed by atoms with Crippen molar-refractivity contribution in [3.8, 4) is 0 Å². The lowest BCUT2D eigenvalue weighted by Crippen LogP contribution is -2.51. The van der Waals surface area contributed by atoms with Crippen LogP contribution in [0.5, 0.6) is 0 Å². The summed E-state index contributed by atoms with van der Waals surface area (Å²) in [6.45, 7) is 2.72. The fourth-order valence-corrected chi connectivity index (χ4v) is 3.46. The van der Waals surface area contributed by atoms with E-state index >= 15 is 0 Å². The van der Waals surface area contributed by atoms with E-state index < -0.39 is 10.0 Å². The molecule has 19 heavy (non-hydrogen) atoms. The molecule has 1 unspecified atom stereocenters. The summed E-state index contributed by atoms with van der Waals surface area (Å²) < 4.78 is 25.2. The molecule has 1 aromatic carbocycles. The first-order valence-corrected chi connectivity index (χ1v) is 8.01. The number of carbonyl (C=O) groups excluding carboxylic acids is 1. The molecule has 0 radical (unpaired) electrons. The molecule has 1 fully saturated rings. The standard InChI is InChI=1S/C13H18N2O3S/c1-11(16)14-8-9-15(19(2,17)18)13(10-14)12-6-4-3-5-7-12/h3-7,13H,8-10H2,1-2H3. The molecule has 6 heteroatoms. The van der Waals surface area contributed by atoms with E-state index in [1.54, 1.807) is 4.90 Å². The molecule has 104 valence electrons. The van der Waals surface area contributed by atoms with Crippen LogP contribution in [0, 0.1) is 0 Å². The first-order chi connectivity index (χ1) is 8.89. The maximum absolute atomic E-state index is 11.9. The highest BCUT2D eigenvalue weighted by Crippen LogP contribution is 2.27. The molecule has 1 aliphatic rings. The Morgan fingerprint density at radius 1 is 1.21 bits per heavy atom. The van der Waals surface area contributed by atoms with E-state index in [1.165, 1.54) is 17.5 Å². The Balaban J connectivity index is 2.34. The summed E-state index contributed by atoms with van der Waals surface area (Å²) in [5.41, 5.74) is 0.916. The van der Waals surface area contributed by atoms with Crippen molar-refractivity contribution in [3.05, 3.63) is 35.9 Å². The largest absolute Gasteiger partial charge is 0.340 e. The van der Waals surface area contributed by atoms with Crippen molar-refractivity contribution in [3.63, 3.8) is 0 Å². The van der Waals surface area contributed by atoms with E-state index in [0.717, 1.165) is 5.56 Å². The van der Waals surface area contributed by atoms with Crippen LogP contribution < -0.4 is 0 Å². The molecule has 1 saturated heterocycles. The molecule has 0 aliphatic carbocycles. The molecule has 0 aromatic heterocycles. The quantitative estimate of drug-likeness (QED) is 0.808. The van der Waals surface area contributed by atoms with Crippen LogP contribution in [0.2, 0.25) is 0 Å². The second-order valence-electron chi connectivity index (χ2n) is 4.77. The van der Waals surface area contributed by atoms with Gasteiger partial charge in [0.2, 0.25) is 15.9 Å². The Labute approximate surface area is 113 Å².